The molecule has 2 rings (SSSR count). The summed E-state index contributed by atoms with van der Waals surface area (Å²) < 4.78 is 0. The Morgan fingerprint density at radius 3 is 2.57 bits per heavy atom. The highest BCUT2D eigenvalue weighted by Gasteiger charge is 2.18. The van der Waals surface area contributed by atoms with E-state index in [1.807, 2.05) is 0 Å². The van der Waals surface area contributed by atoms with Crippen LogP contribution in [0.5, 0.6) is 0 Å². The first kappa shape index (κ1) is 9.71. The van der Waals surface area contributed by atoms with E-state index in [2.05, 4.69) is 9.97 Å². The summed E-state index contributed by atoms with van der Waals surface area (Å²) in [5.41, 5.74) is 5.63. The largest absolute Gasteiger partial charge is 0.384 e. The summed E-state index contributed by atoms with van der Waals surface area (Å²) in [4.78, 5) is 8.47. The van der Waals surface area contributed by atoms with Gasteiger partial charge < -0.3 is 5.73 Å². The lowest BCUT2D eigenvalue weighted by Crippen LogP contribution is -2.10. The summed E-state index contributed by atoms with van der Waals surface area (Å²) in [7, 11) is 0. The Kier molecular flexibility index (Phi) is 2.87. The summed E-state index contributed by atoms with van der Waals surface area (Å²) in [5, 5.41) is 0.457. The van der Waals surface area contributed by atoms with Gasteiger partial charge in [0.1, 0.15) is 16.8 Å². The fourth-order valence-electron chi connectivity index (χ4n) is 2.00. The molecule has 1 fully saturated rings. The average Bonchev–Trinajstić information content (AvgIpc) is 2.18. The Labute approximate surface area is 88.7 Å². The summed E-state index contributed by atoms with van der Waals surface area (Å²) >= 11 is 5.84. The normalized spacial score (nSPS) is 18.4. The van der Waals surface area contributed by atoms with Gasteiger partial charge >= 0.3 is 0 Å². The minimum Gasteiger partial charge on any atom is -0.384 e. The number of aromatic nitrogens is 2. The highest BCUT2D eigenvalue weighted by molar-refractivity contribution is 6.29. The SMILES string of the molecule is Nc1cc(Cl)nc(C2CCCCC2)n1. The monoisotopic (exact) mass is 211 g/mol. The van der Waals surface area contributed by atoms with Crippen LogP contribution in [0, 0.1) is 0 Å². The van der Waals surface area contributed by atoms with Gasteiger partial charge in [-0.05, 0) is 12.8 Å². The molecule has 4 heteroatoms. The summed E-state index contributed by atoms with van der Waals surface area (Å²) in [6.45, 7) is 0. The molecule has 76 valence electrons. The maximum Gasteiger partial charge on any atom is 0.135 e. The van der Waals surface area contributed by atoms with Crippen molar-refractivity contribution in [2.75, 3.05) is 5.73 Å². The third-order valence-electron chi connectivity index (χ3n) is 2.70. The van der Waals surface area contributed by atoms with Gasteiger partial charge in [-0.2, -0.15) is 0 Å². The van der Waals surface area contributed by atoms with Crippen molar-refractivity contribution in [1.82, 2.24) is 9.97 Å². The Morgan fingerprint density at radius 2 is 1.93 bits per heavy atom. The van der Waals surface area contributed by atoms with E-state index >= 15 is 0 Å². The van der Waals surface area contributed by atoms with E-state index in [0.29, 0.717) is 16.9 Å². The number of nitrogens with two attached hydrogens (primary N) is 1. The van der Waals surface area contributed by atoms with Crippen LogP contribution >= 0.6 is 11.6 Å². The second kappa shape index (κ2) is 4.13. The maximum absolute atomic E-state index is 5.84. The lowest BCUT2D eigenvalue weighted by Gasteiger charge is -2.20. The third-order valence-corrected chi connectivity index (χ3v) is 2.90. The Bertz CT molecular complexity index is 301. The van der Waals surface area contributed by atoms with Gasteiger partial charge in [-0.3, -0.25) is 0 Å². The van der Waals surface area contributed by atoms with Crippen LogP contribution in [-0.4, -0.2) is 9.97 Å². The van der Waals surface area contributed by atoms with Crippen LogP contribution in [0.15, 0.2) is 6.07 Å². The van der Waals surface area contributed by atoms with Crippen molar-refractivity contribution in [3.63, 3.8) is 0 Å². The van der Waals surface area contributed by atoms with Gasteiger partial charge in [0.15, 0.2) is 0 Å². The van der Waals surface area contributed by atoms with Gasteiger partial charge in [-0.1, -0.05) is 30.9 Å². The second-order valence-corrected chi connectivity index (χ2v) is 4.20. The van der Waals surface area contributed by atoms with Crippen molar-refractivity contribution in [1.29, 1.82) is 0 Å². The molecule has 0 saturated heterocycles. The standard InChI is InChI=1S/C10H14ClN3/c11-8-6-9(12)14-10(13-8)7-4-2-1-3-5-7/h6-7H,1-5H2,(H2,12,13,14). The number of hydrogen-bond donors (Lipinski definition) is 1. The van der Waals surface area contributed by atoms with E-state index in [1.165, 1.54) is 32.1 Å². The van der Waals surface area contributed by atoms with E-state index in [9.17, 15) is 0 Å². The molecule has 1 aliphatic carbocycles. The van der Waals surface area contributed by atoms with Crippen LogP contribution in [0.25, 0.3) is 0 Å². The van der Waals surface area contributed by atoms with E-state index < -0.39 is 0 Å². The zero-order valence-corrected chi connectivity index (χ0v) is 8.80. The smallest absolute Gasteiger partial charge is 0.135 e. The van der Waals surface area contributed by atoms with E-state index in [1.54, 1.807) is 6.07 Å². The van der Waals surface area contributed by atoms with Crippen molar-refractivity contribution < 1.29 is 0 Å². The number of nitrogen functional groups attached to an aromatic ring is 1. The maximum atomic E-state index is 5.84. The van der Waals surface area contributed by atoms with Crippen LogP contribution in [0.3, 0.4) is 0 Å². The molecule has 1 aliphatic rings. The molecule has 1 heterocycles. The van der Waals surface area contributed by atoms with Gasteiger partial charge in [0.05, 0.1) is 0 Å². The topological polar surface area (TPSA) is 51.8 Å². The minimum atomic E-state index is 0.457. The predicted octanol–water partition coefficient (Wildman–Crippen LogP) is 2.76. The lowest BCUT2D eigenvalue weighted by atomic mass is 9.89. The Balaban J connectivity index is 2.21. The number of rotatable bonds is 1. The van der Waals surface area contributed by atoms with Gasteiger partial charge in [-0.25, -0.2) is 9.97 Å². The number of hydrogen-bond acceptors (Lipinski definition) is 3. The highest BCUT2D eigenvalue weighted by atomic mass is 35.5. The average molecular weight is 212 g/mol. The van der Waals surface area contributed by atoms with E-state index in [0.717, 1.165) is 5.82 Å². The zero-order chi connectivity index (χ0) is 9.97. The molecule has 0 aliphatic heterocycles. The van der Waals surface area contributed by atoms with Crippen molar-refractivity contribution in [2.45, 2.75) is 38.0 Å². The van der Waals surface area contributed by atoms with Crippen LogP contribution in [-0.2, 0) is 0 Å². The summed E-state index contributed by atoms with van der Waals surface area (Å²) in [6.07, 6.45) is 6.19. The second-order valence-electron chi connectivity index (χ2n) is 3.81. The molecular weight excluding hydrogens is 198 g/mol. The molecule has 1 aromatic rings. The van der Waals surface area contributed by atoms with Crippen LogP contribution in [0.4, 0.5) is 5.82 Å². The molecule has 14 heavy (non-hydrogen) atoms. The first-order valence-electron chi connectivity index (χ1n) is 5.05. The first-order valence-corrected chi connectivity index (χ1v) is 5.43. The third kappa shape index (κ3) is 2.15. The van der Waals surface area contributed by atoms with Crippen molar-refractivity contribution in [2.24, 2.45) is 0 Å². The minimum absolute atomic E-state index is 0.457. The van der Waals surface area contributed by atoms with Gasteiger partial charge in [-0.15, -0.1) is 0 Å². The molecule has 0 amide bonds. The summed E-state index contributed by atoms with van der Waals surface area (Å²) in [6, 6.07) is 1.59. The molecule has 0 bridgehead atoms. The van der Waals surface area contributed by atoms with E-state index in [-0.39, 0.29) is 0 Å². The van der Waals surface area contributed by atoms with Gasteiger partial charge in [0.2, 0.25) is 0 Å². The Hall–Kier alpha value is -0.830. The van der Waals surface area contributed by atoms with Crippen LogP contribution in [0.2, 0.25) is 5.15 Å². The fraction of sp³-hybridized carbons (Fsp3) is 0.600. The summed E-state index contributed by atoms with van der Waals surface area (Å²) in [5.74, 6) is 1.77. The van der Waals surface area contributed by atoms with E-state index in [4.69, 9.17) is 17.3 Å². The molecule has 0 atom stereocenters. The van der Waals surface area contributed by atoms with Crippen molar-refractivity contribution in [3.8, 4) is 0 Å². The molecule has 2 N–H and O–H groups in total. The molecule has 1 saturated carbocycles. The van der Waals surface area contributed by atoms with Crippen molar-refractivity contribution >= 4 is 17.4 Å². The highest BCUT2D eigenvalue weighted by Crippen LogP contribution is 2.31. The predicted molar refractivity (Wildman–Crippen MR) is 57.3 cm³/mol. The Morgan fingerprint density at radius 1 is 1.21 bits per heavy atom. The molecule has 0 aromatic carbocycles. The van der Waals surface area contributed by atoms with Crippen LogP contribution < -0.4 is 5.73 Å². The lowest BCUT2D eigenvalue weighted by molar-refractivity contribution is 0.429. The molecule has 3 nitrogen and oxygen atoms in total. The molecule has 0 spiro atoms. The first-order chi connectivity index (χ1) is 6.75. The molecular formula is C10H14ClN3. The number of nitrogens with zero attached hydrogens (tertiary/aromatic N) is 2. The fourth-order valence-corrected chi connectivity index (χ4v) is 2.20. The molecule has 1 aromatic heterocycles. The van der Waals surface area contributed by atoms with Crippen molar-refractivity contribution in [3.05, 3.63) is 17.0 Å². The molecule has 0 radical (unpaired) electrons. The number of halogens is 1. The van der Waals surface area contributed by atoms with Gasteiger partial charge in [0, 0.05) is 12.0 Å². The van der Waals surface area contributed by atoms with Gasteiger partial charge in [0.25, 0.3) is 0 Å². The zero-order valence-electron chi connectivity index (χ0n) is 8.04. The number of anilines is 1. The molecule has 0 unspecified atom stereocenters. The van der Waals surface area contributed by atoms with Crippen LogP contribution in [0.1, 0.15) is 43.8 Å². The quantitative estimate of drug-likeness (QED) is 0.727.